The van der Waals surface area contributed by atoms with Gasteiger partial charge in [-0.05, 0) is 38.1 Å². The van der Waals surface area contributed by atoms with E-state index in [0.29, 0.717) is 11.8 Å². The van der Waals surface area contributed by atoms with Gasteiger partial charge in [-0.2, -0.15) is 0 Å². The summed E-state index contributed by atoms with van der Waals surface area (Å²) in [6, 6.07) is 19.1. The molecule has 3 rings (SSSR count). The summed E-state index contributed by atoms with van der Waals surface area (Å²) in [6.45, 7) is 6.79. The lowest BCUT2D eigenvalue weighted by molar-refractivity contribution is -0.129. The monoisotopic (exact) mass is 340 g/mol. The molecule has 24 heavy (non-hydrogen) atoms. The fraction of sp³-hybridized carbons (Fsp3) is 0.350. The number of aryl methyl sites for hydroxylation is 1. The number of amides is 1. The third-order valence-electron chi connectivity index (χ3n) is 4.45. The fourth-order valence-corrected chi connectivity index (χ4v) is 3.88. The van der Waals surface area contributed by atoms with Crippen molar-refractivity contribution in [2.24, 2.45) is 0 Å². The van der Waals surface area contributed by atoms with Crippen LogP contribution in [0.1, 0.15) is 12.5 Å². The lowest BCUT2D eigenvalue weighted by atomic mass is 10.1. The van der Waals surface area contributed by atoms with Gasteiger partial charge in [-0.15, -0.1) is 11.8 Å². The summed E-state index contributed by atoms with van der Waals surface area (Å²) in [6.07, 6.45) is 0. The van der Waals surface area contributed by atoms with Crippen LogP contribution in [0.4, 0.5) is 5.69 Å². The van der Waals surface area contributed by atoms with Crippen LogP contribution in [0.25, 0.3) is 0 Å². The quantitative estimate of drug-likeness (QED) is 0.791. The van der Waals surface area contributed by atoms with Gasteiger partial charge in [0, 0.05) is 36.3 Å². The maximum absolute atomic E-state index is 12.5. The van der Waals surface area contributed by atoms with Crippen LogP contribution < -0.4 is 4.90 Å². The molecule has 4 heteroatoms. The predicted molar refractivity (Wildman–Crippen MR) is 102 cm³/mol. The molecule has 1 amide bonds. The van der Waals surface area contributed by atoms with Crippen LogP contribution in [-0.2, 0) is 4.79 Å². The Morgan fingerprint density at radius 2 is 1.79 bits per heavy atom. The lowest BCUT2D eigenvalue weighted by Crippen LogP contribution is -2.54. The first-order valence-corrected chi connectivity index (χ1v) is 9.41. The van der Waals surface area contributed by atoms with E-state index < -0.39 is 0 Å². The molecule has 0 radical (unpaired) electrons. The minimum atomic E-state index is 0.235. The van der Waals surface area contributed by atoms with E-state index in [1.165, 1.54) is 11.3 Å². The molecule has 3 nitrogen and oxygen atoms in total. The molecule has 2 aromatic carbocycles. The summed E-state index contributed by atoms with van der Waals surface area (Å²) >= 11 is 1.62. The molecule has 0 bridgehead atoms. The average molecular weight is 340 g/mol. The topological polar surface area (TPSA) is 23.6 Å². The van der Waals surface area contributed by atoms with E-state index >= 15 is 0 Å². The van der Waals surface area contributed by atoms with Crippen molar-refractivity contribution in [3.63, 3.8) is 0 Å². The van der Waals surface area contributed by atoms with E-state index in [1.807, 2.05) is 23.1 Å². The number of benzene rings is 2. The third kappa shape index (κ3) is 4.12. The molecule has 1 saturated heterocycles. The van der Waals surface area contributed by atoms with Gasteiger partial charge >= 0.3 is 0 Å². The highest BCUT2D eigenvalue weighted by molar-refractivity contribution is 8.00. The summed E-state index contributed by atoms with van der Waals surface area (Å²) in [4.78, 5) is 18.0. The summed E-state index contributed by atoms with van der Waals surface area (Å²) < 4.78 is 0. The fourth-order valence-electron chi connectivity index (χ4n) is 3.06. The van der Waals surface area contributed by atoms with Crippen molar-refractivity contribution in [2.45, 2.75) is 24.8 Å². The molecule has 126 valence electrons. The van der Waals surface area contributed by atoms with E-state index in [0.717, 1.165) is 24.5 Å². The molecular weight excluding hydrogens is 316 g/mol. The molecule has 0 unspecified atom stereocenters. The van der Waals surface area contributed by atoms with Gasteiger partial charge in [0.15, 0.2) is 0 Å². The number of thioether (sulfide) groups is 1. The van der Waals surface area contributed by atoms with Crippen LogP contribution in [0.15, 0.2) is 59.5 Å². The van der Waals surface area contributed by atoms with Crippen LogP contribution in [0.5, 0.6) is 0 Å². The van der Waals surface area contributed by atoms with E-state index in [9.17, 15) is 4.79 Å². The highest BCUT2D eigenvalue weighted by atomic mass is 32.2. The summed E-state index contributed by atoms with van der Waals surface area (Å²) in [5, 5.41) is 0. The van der Waals surface area contributed by atoms with Crippen LogP contribution in [0.2, 0.25) is 0 Å². The van der Waals surface area contributed by atoms with Gasteiger partial charge in [0.2, 0.25) is 5.91 Å². The van der Waals surface area contributed by atoms with Crippen molar-refractivity contribution in [3.8, 4) is 0 Å². The Morgan fingerprint density at radius 3 is 2.46 bits per heavy atom. The number of rotatable bonds is 4. The number of carbonyl (C=O) groups excluding carboxylic acids is 1. The molecule has 1 atom stereocenters. The second kappa shape index (κ2) is 7.75. The number of piperazine rings is 1. The molecule has 0 aliphatic carbocycles. The summed E-state index contributed by atoms with van der Waals surface area (Å²) in [5.74, 6) is 0.751. The molecule has 0 aromatic heterocycles. The Labute approximate surface area is 148 Å². The SMILES string of the molecule is Cc1ccc(N2CCN(C(=O)CSc3ccccc3)C[C@@H]2C)cc1. The van der Waals surface area contributed by atoms with Gasteiger partial charge < -0.3 is 9.80 Å². The minimum Gasteiger partial charge on any atom is -0.365 e. The summed E-state index contributed by atoms with van der Waals surface area (Å²) in [5.41, 5.74) is 2.53. The van der Waals surface area contributed by atoms with Gasteiger partial charge in [0.1, 0.15) is 0 Å². The maximum Gasteiger partial charge on any atom is 0.233 e. The zero-order valence-corrected chi connectivity index (χ0v) is 15.1. The smallest absolute Gasteiger partial charge is 0.233 e. The van der Waals surface area contributed by atoms with Crippen molar-refractivity contribution in [3.05, 3.63) is 60.2 Å². The Morgan fingerprint density at radius 1 is 1.08 bits per heavy atom. The lowest BCUT2D eigenvalue weighted by Gasteiger charge is -2.41. The van der Waals surface area contributed by atoms with Crippen LogP contribution in [0.3, 0.4) is 0 Å². The predicted octanol–water partition coefficient (Wildman–Crippen LogP) is 3.82. The Hall–Kier alpha value is -1.94. The van der Waals surface area contributed by atoms with Crippen molar-refractivity contribution < 1.29 is 4.79 Å². The van der Waals surface area contributed by atoms with E-state index in [4.69, 9.17) is 0 Å². The molecule has 0 N–H and O–H groups in total. The van der Waals surface area contributed by atoms with Gasteiger partial charge in [0.25, 0.3) is 0 Å². The molecule has 0 saturated carbocycles. The largest absolute Gasteiger partial charge is 0.365 e. The molecule has 1 aliphatic heterocycles. The third-order valence-corrected chi connectivity index (χ3v) is 5.45. The van der Waals surface area contributed by atoms with Crippen molar-refractivity contribution in [1.82, 2.24) is 4.90 Å². The normalized spacial score (nSPS) is 17.8. The minimum absolute atomic E-state index is 0.235. The Balaban J connectivity index is 1.54. The second-order valence-electron chi connectivity index (χ2n) is 6.32. The highest BCUT2D eigenvalue weighted by Gasteiger charge is 2.26. The Bertz CT molecular complexity index is 672. The zero-order chi connectivity index (χ0) is 16.9. The number of anilines is 1. The molecule has 1 aliphatic rings. The van der Waals surface area contributed by atoms with E-state index in [2.05, 4.69) is 55.1 Å². The van der Waals surface area contributed by atoms with Crippen LogP contribution in [-0.4, -0.2) is 42.2 Å². The molecular formula is C20H24N2OS. The Kier molecular flexibility index (Phi) is 5.46. The number of nitrogens with zero attached hydrogens (tertiary/aromatic N) is 2. The standard InChI is InChI=1S/C20H24N2OS/c1-16-8-10-18(11-9-16)22-13-12-21(14-17(22)2)20(23)15-24-19-6-4-3-5-7-19/h3-11,17H,12-15H2,1-2H3/t17-/m0/s1. The zero-order valence-electron chi connectivity index (χ0n) is 14.3. The van der Waals surface area contributed by atoms with E-state index in [-0.39, 0.29) is 5.91 Å². The van der Waals surface area contributed by atoms with E-state index in [1.54, 1.807) is 11.8 Å². The maximum atomic E-state index is 12.5. The number of carbonyl (C=O) groups is 1. The van der Waals surface area contributed by atoms with Crippen molar-refractivity contribution in [1.29, 1.82) is 0 Å². The van der Waals surface area contributed by atoms with Gasteiger partial charge in [-0.25, -0.2) is 0 Å². The van der Waals surface area contributed by atoms with Crippen LogP contribution >= 0.6 is 11.8 Å². The molecule has 0 spiro atoms. The van der Waals surface area contributed by atoms with Crippen molar-refractivity contribution >= 4 is 23.4 Å². The van der Waals surface area contributed by atoms with Gasteiger partial charge in [-0.1, -0.05) is 35.9 Å². The molecule has 1 fully saturated rings. The number of hydrogen-bond acceptors (Lipinski definition) is 3. The summed E-state index contributed by atoms with van der Waals surface area (Å²) in [7, 11) is 0. The van der Waals surface area contributed by atoms with Crippen molar-refractivity contribution in [2.75, 3.05) is 30.3 Å². The molecule has 1 heterocycles. The average Bonchev–Trinajstić information content (AvgIpc) is 2.61. The van der Waals surface area contributed by atoms with Gasteiger partial charge in [0.05, 0.1) is 5.75 Å². The first kappa shape index (κ1) is 16.9. The van der Waals surface area contributed by atoms with Gasteiger partial charge in [-0.3, -0.25) is 4.79 Å². The first-order chi connectivity index (χ1) is 11.6. The van der Waals surface area contributed by atoms with Crippen LogP contribution in [0, 0.1) is 6.92 Å². The first-order valence-electron chi connectivity index (χ1n) is 8.42. The second-order valence-corrected chi connectivity index (χ2v) is 7.37. The molecule has 2 aromatic rings. The highest BCUT2D eigenvalue weighted by Crippen LogP contribution is 2.22. The number of hydrogen-bond donors (Lipinski definition) is 0.